The average Bonchev–Trinajstić information content (AvgIpc) is 2.77. The first-order valence-electron chi connectivity index (χ1n) is 5.82. The van der Waals surface area contributed by atoms with E-state index in [1.165, 1.54) is 12.4 Å². The van der Waals surface area contributed by atoms with Crippen molar-refractivity contribution in [3.63, 3.8) is 0 Å². The standard InChI is InChI=1S/C12H16FN5/c1-8(2)18-12(16-7-17-18)4-11(14)9-3-10(13)6-15-5-9/h3,5-8,11H,4,14H2,1-2H3. The van der Waals surface area contributed by atoms with Gasteiger partial charge in [0.15, 0.2) is 0 Å². The molecule has 0 amide bonds. The number of aromatic nitrogens is 4. The van der Waals surface area contributed by atoms with Gasteiger partial charge in [0.25, 0.3) is 0 Å². The predicted molar refractivity (Wildman–Crippen MR) is 65.2 cm³/mol. The van der Waals surface area contributed by atoms with Crippen molar-refractivity contribution in [2.45, 2.75) is 32.4 Å². The lowest BCUT2D eigenvalue weighted by Gasteiger charge is -2.14. The van der Waals surface area contributed by atoms with Gasteiger partial charge in [-0.05, 0) is 25.5 Å². The van der Waals surface area contributed by atoms with Crippen molar-refractivity contribution in [1.29, 1.82) is 0 Å². The largest absolute Gasteiger partial charge is 0.324 e. The van der Waals surface area contributed by atoms with Crippen molar-refractivity contribution < 1.29 is 4.39 Å². The molecule has 2 rings (SSSR count). The fourth-order valence-corrected chi connectivity index (χ4v) is 1.80. The summed E-state index contributed by atoms with van der Waals surface area (Å²) >= 11 is 0. The van der Waals surface area contributed by atoms with Gasteiger partial charge in [0.1, 0.15) is 18.0 Å². The zero-order chi connectivity index (χ0) is 13.1. The van der Waals surface area contributed by atoms with Gasteiger partial charge in [-0.25, -0.2) is 14.1 Å². The van der Waals surface area contributed by atoms with Gasteiger partial charge in [-0.15, -0.1) is 0 Å². The molecular weight excluding hydrogens is 233 g/mol. The molecule has 0 saturated carbocycles. The van der Waals surface area contributed by atoms with E-state index in [9.17, 15) is 4.39 Å². The maximum atomic E-state index is 13.1. The van der Waals surface area contributed by atoms with E-state index in [0.29, 0.717) is 12.0 Å². The van der Waals surface area contributed by atoms with Crippen LogP contribution in [0.25, 0.3) is 0 Å². The molecule has 0 aromatic carbocycles. The highest BCUT2D eigenvalue weighted by atomic mass is 19.1. The first-order valence-corrected chi connectivity index (χ1v) is 5.82. The third-order valence-electron chi connectivity index (χ3n) is 2.69. The number of pyridine rings is 1. The van der Waals surface area contributed by atoms with Crippen molar-refractivity contribution in [2.24, 2.45) is 5.73 Å². The Morgan fingerprint density at radius 2 is 2.17 bits per heavy atom. The zero-order valence-corrected chi connectivity index (χ0v) is 10.4. The van der Waals surface area contributed by atoms with E-state index >= 15 is 0 Å². The van der Waals surface area contributed by atoms with E-state index < -0.39 is 0 Å². The van der Waals surface area contributed by atoms with E-state index in [0.717, 1.165) is 12.0 Å². The molecule has 0 aliphatic carbocycles. The van der Waals surface area contributed by atoms with Crippen LogP contribution in [0.1, 0.15) is 37.3 Å². The number of nitrogens with two attached hydrogens (primary N) is 1. The van der Waals surface area contributed by atoms with Gasteiger partial charge in [-0.1, -0.05) is 0 Å². The minimum absolute atomic E-state index is 0.223. The molecule has 2 heterocycles. The highest BCUT2D eigenvalue weighted by Gasteiger charge is 2.14. The van der Waals surface area contributed by atoms with Crippen LogP contribution >= 0.6 is 0 Å². The van der Waals surface area contributed by atoms with Crippen LogP contribution in [0.15, 0.2) is 24.8 Å². The molecule has 6 heteroatoms. The Hall–Kier alpha value is -1.82. The quantitative estimate of drug-likeness (QED) is 0.894. The SMILES string of the molecule is CC(C)n1ncnc1CC(N)c1cncc(F)c1. The number of hydrogen-bond donors (Lipinski definition) is 1. The van der Waals surface area contributed by atoms with Gasteiger partial charge < -0.3 is 5.73 Å². The molecule has 2 N–H and O–H groups in total. The van der Waals surface area contributed by atoms with Gasteiger partial charge in [-0.2, -0.15) is 5.10 Å². The molecular formula is C12H16FN5. The van der Waals surface area contributed by atoms with Gasteiger partial charge in [-0.3, -0.25) is 4.98 Å². The minimum Gasteiger partial charge on any atom is -0.324 e. The third kappa shape index (κ3) is 2.70. The summed E-state index contributed by atoms with van der Waals surface area (Å²) in [5.74, 6) is 0.412. The second-order valence-electron chi connectivity index (χ2n) is 4.46. The van der Waals surface area contributed by atoms with E-state index in [1.807, 2.05) is 18.5 Å². The summed E-state index contributed by atoms with van der Waals surface area (Å²) in [6.45, 7) is 4.04. The van der Waals surface area contributed by atoms with Crippen molar-refractivity contribution in [2.75, 3.05) is 0 Å². The Kier molecular flexibility index (Phi) is 3.66. The first-order chi connectivity index (χ1) is 8.58. The Labute approximate surface area is 105 Å². The Morgan fingerprint density at radius 1 is 1.39 bits per heavy atom. The fourth-order valence-electron chi connectivity index (χ4n) is 1.80. The lowest BCUT2D eigenvalue weighted by Crippen LogP contribution is -2.18. The normalized spacial score (nSPS) is 12.9. The van der Waals surface area contributed by atoms with Crippen LogP contribution in [0.2, 0.25) is 0 Å². The van der Waals surface area contributed by atoms with E-state index in [2.05, 4.69) is 15.1 Å². The summed E-state index contributed by atoms with van der Waals surface area (Å²) in [6, 6.07) is 1.28. The van der Waals surface area contributed by atoms with Gasteiger partial charge in [0, 0.05) is 24.7 Å². The molecule has 0 radical (unpaired) electrons. The summed E-state index contributed by atoms with van der Waals surface area (Å²) in [4.78, 5) is 7.98. The molecule has 0 spiro atoms. The molecule has 2 aromatic heterocycles. The van der Waals surface area contributed by atoms with Crippen LogP contribution in [0, 0.1) is 5.82 Å². The van der Waals surface area contributed by atoms with Gasteiger partial charge in [0.05, 0.1) is 6.20 Å². The van der Waals surface area contributed by atoms with Crippen LogP contribution in [0.3, 0.4) is 0 Å². The van der Waals surface area contributed by atoms with Gasteiger partial charge >= 0.3 is 0 Å². The fraction of sp³-hybridized carbons (Fsp3) is 0.417. The number of nitrogens with zero attached hydrogens (tertiary/aromatic N) is 4. The topological polar surface area (TPSA) is 69.6 Å². The Morgan fingerprint density at radius 3 is 2.83 bits per heavy atom. The molecule has 0 saturated heterocycles. The number of hydrogen-bond acceptors (Lipinski definition) is 4. The van der Waals surface area contributed by atoms with Crippen LogP contribution in [-0.4, -0.2) is 19.7 Å². The molecule has 1 unspecified atom stereocenters. The smallest absolute Gasteiger partial charge is 0.141 e. The molecule has 0 bridgehead atoms. The maximum Gasteiger partial charge on any atom is 0.141 e. The first kappa shape index (κ1) is 12.6. The van der Waals surface area contributed by atoms with Crippen molar-refractivity contribution in [3.8, 4) is 0 Å². The highest BCUT2D eigenvalue weighted by Crippen LogP contribution is 2.16. The lowest BCUT2D eigenvalue weighted by molar-refractivity contribution is 0.492. The average molecular weight is 249 g/mol. The van der Waals surface area contributed by atoms with E-state index in [4.69, 9.17) is 5.73 Å². The predicted octanol–water partition coefficient (Wildman–Crippen LogP) is 1.64. The van der Waals surface area contributed by atoms with E-state index in [-0.39, 0.29) is 17.9 Å². The summed E-state index contributed by atoms with van der Waals surface area (Å²) < 4.78 is 14.9. The highest BCUT2D eigenvalue weighted by molar-refractivity contribution is 5.16. The number of rotatable bonds is 4. The molecule has 0 aliphatic heterocycles. The molecule has 96 valence electrons. The van der Waals surface area contributed by atoms with Crippen molar-refractivity contribution >= 4 is 0 Å². The molecule has 5 nitrogen and oxygen atoms in total. The molecule has 0 aliphatic rings. The van der Waals surface area contributed by atoms with Crippen LogP contribution in [0.5, 0.6) is 0 Å². The van der Waals surface area contributed by atoms with Crippen LogP contribution in [0.4, 0.5) is 4.39 Å². The Balaban J connectivity index is 2.16. The molecule has 2 aromatic rings. The van der Waals surface area contributed by atoms with Crippen molar-refractivity contribution in [1.82, 2.24) is 19.7 Å². The molecule has 0 fully saturated rings. The Bertz CT molecular complexity index is 523. The second kappa shape index (κ2) is 5.22. The monoisotopic (exact) mass is 249 g/mol. The minimum atomic E-state index is -0.381. The summed E-state index contributed by atoms with van der Waals surface area (Å²) in [6.07, 6.45) is 4.74. The number of halogens is 1. The molecule has 1 atom stereocenters. The zero-order valence-electron chi connectivity index (χ0n) is 10.4. The lowest BCUT2D eigenvalue weighted by atomic mass is 10.1. The summed E-state index contributed by atoms with van der Waals surface area (Å²) in [5.41, 5.74) is 6.70. The second-order valence-corrected chi connectivity index (χ2v) is 4.46. The van der Waals surface area contributed by atoms with Crippen molar-refractivity contribution in [3.05, 3.63) is 42.0 Å². The molecule has 18 heavy (non-hydrogen) atoms. The van der Waals surface area contributed by atoms with Gasteiger partial charge in [0.2, 0.25) is 0 Å². The maximum absolute atomic E-state index is 13.1. The summed E-state index contributed by atoms with van der Waals surface area (Å²) in [7, 11) is 0. The van der Waals surface area contributed by atoms with E-state index in [1.54, 1.807) is 6.20 Å². The third-order valence-corrected chi connectivity index (χ3v) is 2.69. The van der Waals surface area contributed by atoms with Crippen LogP contribution in [-0.2, 0) is 6.42 Å². The summed E-state index contributed by atoms with van der Waals surface area (Å²) in [5, 5.41) is 4.14. The van der Waals surface area contributed by atoms with Crippen LogP contribution < -0.4 is 5.73 Å².